The molecule has 0 fully saturated rings. The van der Waals surface area contributed by atoms with Gasteiger partial charge in [-0.1, -0.05) is 18.2 Å². The third-order valence-corrected chi connectivity index (χ3v) is 2.90. The first-order valence-electron chi connectivity index (χ1n) is 6.93. The van der Waals surface area contributed by atoms with Gasteiger partial charge in [0.05, 0.1) is 7.11 Å². The zero-order valence-electron chi connectivity index (χ0n) is 13.8. The van der Waals surface area contributed by atoms with Crippen LogP contribution in [0.15, 0.2) is 30.4 Å². The summed E-state index contributed by atoms with van der Waals surface area (Å²) in [5.74, 6) is 0.921. The molecule has 6 nitrogen and oxygen atoms in total. The summed E-state index contributed by atoms with van der Waals surface area (Å²) in [5.41, 5.74) is 1.71. The van der Waals surface area contributed by atoms with E-state index in [1.165, 1.54) is 13.2 Å². The topological polar surface area (TPSA) is 63.2 Å². The second-order valence-corrected chi connectivity index (χ2v) is 4.44. The molecular weight excluding hydrogens is 300 g/mol. The van der Waals surface area contributed by atoms with Gasteiger partial charge in [0, 0.05) is 31.4 Å². The number of esters is 1. The molecule has 0 radical (unpaired) electrons. The van der Waals surface area contributed by atoms with E-state index in [0.29, 0.717) is 11.5 Å². The Morgan fingerprint density at radius 1 is 1.00 bits per heavy atom. The molecule has 0 saturated carbocycles. The summed E-state index contributed by atoms with van der Waals surface area (Å²) >= 11 is 0. The van der Waals surface area contributed by atoms with Crippen molar-refractivity contribution in [3.05, 3.63) is 41.5 Å². The average molecular weight is 322 g/mol. The van der Waals surface area contributed by atoms with E-state index < -0.39 is 5.97 Å². The van der Waals surface area contributed by atoms with Crippen molar-refractivity contribution in [1.29, 1.82) is 0 Å². The van der Waals surface area contributed by atoms with Crippen LogP contribution in [-0.2, 0) is 19.0 Å². The van der Waals surface area contributed by atoms with Gasteiger partial charge < -0.3 is 23.7 Å². The second kappa shape index (κ2) is 10.4. The van der Waals surface area contributed by atoms with Gasteiger partial charge in [0.15, 0.2) is 13.6 Å². The lowest BCUT2D eigenvalue weighted by Gasteiger charge is -2.14. The van der Waals surface area contributed by atoms with E-state index in [2.05, 4.69) is 4.74 Å². The fourth-order valence-corrected chi connectivity index (χ4v) is 1.77. The Morgan fingerprint density at radius 3 is 2.22 bits per heavy atom. The molecule has 0 amide bonds. The first-order chi connectivity index (χ1) is 11.1. The Balaban J connectivity index is 3.04. The van der Waals surface area contributed by atoms with Gasteiger partial charge in [0.1, 0.15) is 11.5 Å². The molecule has 0 aromatic heterocycles. The smallest absolute Gasteiger partial charge is 0.330 e. The molecule has 0 saturated heterocycles. The minimum Gasteiger partial charge on any atom is -0.467 e. The Bertz CT molecular complexity index is 562. The Labute approximate surface area is 136 Å². The lowest BCUT2D eigenvalue weighted by molar-refractivity contribution is -0.134. The number of carbonyl (C=O) groups excluding carboxylic acids is 1. The minimum atomic E-state index is -0.417. The first-order valence-corrected chi connectivity index (χ1v) is 6.93. The van der Waals surface area contributed by atoms with Crippen LogP contribution >= 0.6 is 0 Å². The summed E-state index contributed by atoms with van der Waals surface area (Å²) < 4.78 is 25.4. The van der Waals surface area contributed by atoms with Crippen LogP contribution in [0.3, 0.4) is 0 Å². The molecule has 0 atom stereocenters. The molecule has 126 valence electrons. The molecule has 0 aliphatic heterocycles. The summed E-state index contributed by atoms with van der Waals surface area (Å²) in [5, 5.41) is 0. The van der Waals surface area contributed by atoms with Crippen molar-refractivity contribution in [2.24, 2.45) is 0 Å². The third-order valence-electron chi connectivity index (χ3n) is 2.90. The number of allylic oxidation sites excluding steroid dienone is 2. The fourth-order valence-electron chi connectivity index (χ4n) is 1.77. The monoisotopic (exact) mass is 322 g/mol. The predicted molar refractivity (Wildman–Crippen MR) is 86.4 cm³/mol. The molecule has 1 rings (SSSR count). The minimum absolute atomic E-state index is 0.135. The van der Waals surface area contributed by atoms with Gasteiger partial charge in [-0.25, -0.2) is 4.79 Å². The predicted octanol–water partition coefficient (Wildman–Crippen LogP) is 2.70. The number of hydrogen-bond donors (Lipinski definition) is 0. The molecular formula is C17H22O6. The van der Waals surface area contributed by atoms with Gasteiger partial charge in [-0.05, 0) is 19.1 Å². The summed E-state index contributed by atoms with van der Waals surface area (Å²) in [6.07, 6.45) is 6.46. The number of methoxy groups -OCH3 is 3. The van der Waals surface area contributed by atoms with Crippen LogP contribution in [0.2, 0.25) is 0 Å². The normalized spacial score (nSPS) is 11.1. The van der Waals surface area contributed by atoms with E-state index in [1.54, 1.807) is 38.5 Å². The third kappa shape index (κ3) is 6.14. The van der Waals surface area contributed by atoms with Crippen LogP contribution in [0, 0.1) is 6.92 Å². The Kier molecular flexibility index (Phi) is 8.49. The van der Waals surface area contributed by atoms with Crippen molar-refractivity contribution in [1.82, 2.24) is 0 Å². The van der Waals surface area contributed by atoms with E-state index in [1.807, 2.05) is 13.0 Å². The van der Waals surface area contributed by atoms with Crippen molar-refractivity contribution < 1.29 is 28.5 Å². The van der Waals surface area contributed by atoms with Gasteiger partial charge in [-0.3, -0.25) is 0 Å². The first kappa shape index (κ1) is 18.7. The maximum absolute atomic E-state index is 11.1. The van der Waals surface area contributed by atoms with Gasteiger partial charge in [-0.15, -0.1) is 0 Å². The van der Waals surface area contributed by atoms with Crippen LogP contribution in [0.25, 0.3) is 6.08 Å². The molecule has 6 heteroatoms. The van der Waals surface area contributed by atoms with Crippen LogP contribution < -0.4 is 9.47 Å². The summed E-state index contributed by atoms with van der Waals surface area (Å²) in [7, 11) is 4.44. The van der Waals surface area contributed by atoms with Crippen molar-refractivity contribution in [2.45, 2.75) is 6.92 Å². The molecule has 0 heterocycles. The second-order valence-electron chi connectivity index (χ2n) is 4.44. The zero-order chi connectivity index (χ0) is 17.1. The quantitative estimate of drug-likeness (QED) is 0.301. The van der Waals surface area contributed by atoms with E-state index in [4.69, 9.17) is 18.9 Å². The molecule has 0 spiro atoms. The largest absolute Gasteiger partial charge is 0.467 e. The number of hydrogen-bond acceptors (Lipinski definition) is 6. The molecule has 23 heavy (non-hydrogen) atoms. The van der Waals surface area contributed by atoms with Gasteiger partial charge in [0.25, 0.3) is 0 Å². The summed E-state index contributed by atoms with van der Waals surface area (Å²) in [4.78, 5) is 11.1. The zero-order valence-corrected chi connectivity index (χ0v) is 13.8. The molecule has 0 aliphatic rings. The molecule has 0 aliphatic carbocycles. The molecule has 1 aromatic carbocycles. The van der Waals surface area contributed by atoms with Crippen LogP contribution in [0.4, 0.5) is 0 Å². The standard InChI is InChI=1S/C17H22O6/c1-13-14(7-5-6-8-17(18)21-4)16(23-12-20-3)10-9-15(13)22-11-19-2/h5-10H,11-12H2,1-4H3. The van der Waals surface area contributed by atoms with Gasteiger partial charge in [-0.2, -0.15) is 0 Å². The number of benzene rings is 1. The number of rotatable bonds is 9. The lowest BCUT2D eigenvalue weighted by atomic mass is 10.1. The maximum atomic E-state index is 11.1. The Morgan fingerprint density at radius 2 is 1.61 bits per heavy atom. The average Bonchev–Trinajstić information content (AvgIpc) is 2.57. The summed E-state index contributed by atoms with van der Waals surface area (Å²) in [6.45, 7) is 2.20. The number of ether oxygens (including phenoxy) is 5. The summed E-state index contributed by atoms with van der Waals surface area (Å²) in [6, 6.07) is 3.60. The van der Waals surface area contributed by atoms with E-state index >= 15 is 0 Å². The van der Waals surface area contributed by atoms with E-state index in [9.17, 15) is 4.79 Å². The SMILES string of the molecule is COCOc1ccc(OCOC)c(C=CC=CC(=O)OC)c1C. The van der Waals surface area contributed by atoms with Crippen LogP contribution in [0.5, 0.6) is 11.5 Å². The van der Waals surface area contributed by atoms with Gasteiger partial charge >= 0.3 is 5.97 Å². The van der Waals surface area contributed by atoms with Crippen LogP contribution in [0.1, 0.15) is 11.1 Å². The van der Waals surface area contributed by atoms with Crippen molar-refractivity contribution >= 4 is 12.0 Å². The lowest BCUT2D eigenvalue weighted by Crippen LogP contribution is -2.04. The van der Waals surface area contributed by atoms with Crippen LogP contribution in [-0.4, -0.2) is 40.9 Å². The molecule has 0 N–H and O–H groups in total. The van der Waals surface area contributed by atoms with E-state index in [0.717, 1.165) is 11.1 Å². The highest BCUT2D eigenvalue weighted by Crippen LogP contribution is 2.31. The highest BCUT2D eigenvalue weighted by molar-refractivity contribution is 5.82. The highest BCUT2D eigenvalue weighted by atomic mass is 16.7. The van der Waals surface area contributed by atoms with Crippen molar-refractivity contribution in [3.8, 4) is 11.5 Å². The Hall–Kier alpha value is -2.31. The molecule has 0 unspecified atom stereocenters. The fraction of sp³-hybridized carbons (Fsp3) is 0.353. The highest BCUT2D eigenvalue weighted by Gasteiger charge is 2.10. The van der Waals surface area contributed by atoms with Gasteiger partial charge in [0.2, 0.25) is 0 Å². The molecule has 1 aromatic rings. The van der Waals surface area contributed by atoms with Crippen molar-refractivity contribution in [2.75, 3.05) is 34.9 Å². The van der Waals surface area contributed by atoms with Crippen molar-refractivity contribution in [3.63, 3.8) is 0 Å². The number of carbonyl (C=O) groups is 1. The molecule has 0 bridgehead atoms. The van der Waals surface area contributed by atoms with E-state index in [-0.39, 0.29) is 13.6 Å². The maximum Gasteiger partial charge on any atom is 0.330 e.